The summed E-state index contributed by atoms with van der Waals surface area (Å²) in [6, 6.07) is 12.9. The number of ether oxygens (including phenoxy) is 2. The van der Waals surface area contributed by atoms with Crippen molar-refractivity contribution < 1.29 is 19.1 Å². The fraction of sp³-hybridized carbons (Fsp3) is 0.360. The molecule has 2 aromatic carbocycles. The van der Waals surface area contributed by atoms with Crippen molar-refractivity contribution >= 4 is 23.1 Å². The molecule has 2 aliphatic heterocycles. The zero-order chi connectivity index (χ0) is 22.8. The van der Waals surface area contributed by atoms with Gasteiger partial charge in [-0.25, -0.2) is 4.90 Å². The van der Waals surface area contributed by atoms with Crippen molar-refractivity contribution in [2.24, 2.45) is 0 Å². The highest BCUT2D eigenvalue weighted by Gasteiger charge is 2.43. The monoisotopic (exact) mass is 435 g/mol. The summed E-state index contributed by atoms with van der Waals surface area (Å²) in [4.78, 5) is 33.0. The molecule has 2 aliphatic rings. The number of hydrogen-bond donors (Lipinski definition) is 0. The number of amides is 2. The predicted molar refractivity (Wildman–Crippen MR) is 124 cm³/mol. The van der Waals surface area contributed by atoms with Crippen LogP contribution >= 0.6 is 0 Å². The van der Waals surface area contributed by atoms with E-state index in [-0.39, 0.29) is 11.8 Å². The minimum Gasteiger partial charge on any atom is -0.495 e. The van der Waals surface area contributed by atoms with Crippen LogP contribution in [0, 0.1) is 6.92 Å². The van der Waals surface area contributed by atoms with E-state index in [1.54, 1.807) is 13.2 Å². The largest absolute Gasteiger partial charge is 0.495 e. The number of likely N-dealkylation sites (N-methyl/N-ethyl adjacent to an activating group) is 1. The van der Waals surface area contributed by atoms with E-state index in [9.17, 15) is 9.59 Å². The first kappa shape index (κ1) is 21.9. The van der Waals surface area contributed by atoms with Crippen molar-refractivity contribution in [2.75, 3.05) is 51.8 Å². The first-order valence-corrected chi connectivity index (χ1v) is 10.9. The van der Waals surface area contributed by atoms with Crippen molar-refractivity contribution in [2.45, 2.75) is 13.8 Å². The molecule has 1 saturated heterocycles. The molecule has 0 spiro atoms. The second-order valence-corrected chi connectivity index (χ2v) is 8.09. The molecule has 0 aliphatic carbocycles. The van der Waals surface area contributed by atoms with Gasteiger partial charge in [0.05, 0.1) is 25.0 Å². The lowest BCUT2D eigenvalue weighted by atomic mass is 10.0. The van der Waals surface area contributed by atoms with Crippen LogP contribution in [0.3, 0.4) is 0 Å². The molecule has 0 aromatic heterocycles. The smallest absolute Gasteiger partial charge is 0.282 e. The molecule has 7 nitrogen and oxygen atoms in total. The average molecular weight is 436 g/mol. The van der Waals surface area contributed by atoms with Crippen molar-refractivity contribution in [3.8, 4) is 11.5 Å². The van der Waals surface area contributed by atoms with Crippen molar-refractivity contribution in [1.82, 2.24) is 9.80 Å². The normalized spacial score (nSPS) is 17.4. The number of hydrogen-bond acceptors (Lipinski definition) is 6. The lowest BCUT2D eigenvalue weighted by molar-refractivity contribution is -0.120. The van der Waals surface area contributed by atoms with Crippen LogP contribution < -0.4 is 14.4 Å². The van der Waals surface area contributed by atoms with Crippen molar-refractivity contribution in [3.05, 3.63) is 59.3 Å². The van der Waals surface area contributed by atoms with Gasteiger partial charge in [-0.2, -0.15) is 0 Å². The number of anilines is 1. The Hall–Kier alpha value is -3.32. The van der Waals surface area contributed by atoms with Gasteiger partial charge >= 0.3 is 0 Å². The van der Waals surface area contributed by atoms with Gasteiger partial charge in [0.25, 0.3) is 11.8 Å². The van der Waals surface area contributed by atoms with Crippen LogP contribution in [0.1, 0.15) is 18.1 Å². The minimum absolute atomic E-state index is 0.313. The fourth-order valence-electron chi connectivity index (χ4n) is 4.18. The van der Waals surface area contributed by atoms with E-state index in [0.717, 1.165) is 24.4 Å². The van der Waals surface area contributed by atoms with Crippen molar-refractivity contribution in [1.29, 1.82) is 0 Å². The van der Waals surface area contributed by atoms with Crippen LogP contribution in [0.2, 0.25) is 0 Å². The summed E-state index contributed by atoms with van der Waals surface area (Å²) >= 11 is 0. The number of methoxy groups -OCH3 is 1. The molecule has 1 fully saturated rings. The maximum atomic E-state index is 13.7. The lowest BCUT2D eigenvalue weighted by Crippen LogP contribution is -2.46. The number of piperazine rings is 1. The molecular weight excluding hydrogens is 406 g/mol. The number of carbonyl (C=O) groups is 2. The van der Waals surface area contributed by atoms with E-state index in [1.807, 2.05) is 55.1 Å². The van der Waals surface area contributed by atoms with Gasteiger partial charge < -0.3 is 19.3 Å². The van der Waals surface area contributed by atoms with E-state index in [0.29, 0.717) is 48.0 Å². The summed E-state index contributed by atoms with van der Waals surface area (Å²) in [5.74, 6) is 0.569. The molecular formula is C25H29N3O4. The maximum absolute atomic E-state index is 13.7. The summed E-state index contributed by atoms with van der Waals surface area (Å²) in [6.45, 7) is 7.44. The molecule has 32 heavy (non-hydrogen) atoms. The van der Waals surface area contributed by atoms with E-state index in [4.69, 9.17) is 9.47 Å². The van der Waals surface area contributed by atoms with Gasteiger partial charge in [0.1, 0.15) is 17.2 Å². The third-order valence-electron chi connectivity index (χ3n) is 5.91. The highest BCUT2D eigenvalue weighted by Crippen LogP contribution is 2.39. The number of rotatable bonds is 6. The van der Waals surface area contributed by atoms with Gasteiger partial charge in [0.2, 0.25) is 0 Å². The quantitative estimate of drug-likeness (QED) is 0.651. The molecule has 2 aromatic rings. The topological polar surface area (TPSA) is 62.3 Å². The number of nitrogens with zero attached hydrogens (tertiary/aromatic N) is 3. The van der Waals surface area contributed by atoms with Gasteiger partial charge in [-0.15, -0.1) is 0 Å². The van der Waals surface area contributed by atoms with Crippen LogP contribution in [0.15, 0.2) is 48.2 Å². The Labute approximate surface area is 188 Å². The fourth-order valence-corrected chi connectivity index (χ4v) is 4.18. The Kier molecular flexibility index (Phi) is 6.19. The predicted octanol–water partition coefficient (Wildman–Crippen LogP) is 2.93. The second-order valence-electron chi connectivity index (χ2n) is 8.09. The molecule has 0 radical (unpaired) electrons. The lowest BCUT2D eigenvalue weighted by Gasteiger charge is -2.34. The summed E-state index contributed by atoms with van der Waals surface area (Å²) in [5.41, 5.74) is 2.99. The zero-order valence-corrected chi connectivity index (χ0v) is 19.1. The van der Waals surface area contributed by atoms with Gasteiger partial charge in [0, 0.05) is 26.2 Å². The second kappa shape index (κ2) is 9.04. The van der Waals surface area contributed by atoms with Crippen LogP contribution in [-0.2, 0) is 9.59 Å². The maximum Gasteiger partial charge on any atom is 0.282 e. The number of carbonyl (C=O) groups excluding carboxylic acids is 2. The molecule has 2 amide bonds. The molecule has 4 rings (SSSR count). The van der Waals surface area contributed by atoms with E-state index >= 15 is 0 Å². The number of imide groups is 1. The summed E-state index contributed by atoms with van der Waals surface area (Å²) < 4.78 is 11.0. The third-order valence-corrected chi connectivity index (χ3v) is 5.91. The van der Waals surface area contributed by atoms with Crippen LogP contribution in [0.25, 0.3) is 5.57 Å². The van der Waals surface area contributed by atoms with E-state index in [2.05, 4.69) is 11.9 Å². The van der Waals surface area contributed by atoms with E-state index in [1.165, 1.54) is 4.90 Å². The molecule has 0 atom stereocenters. The average Bonchev–Trinajstić information content (AvgIpc) is 3.05. The summed E-state index contributed by atoms with van der Waals surface area (Å²) in [7, 11) is 3.60. The Morgan fingerprint density at radius 1 is 0.938 bits per heavy atom. The molecule has 2 heterocycles. The molecule has 7 heteroatoms. The van der Waals surface area contributed by atoms with E-state index < -0.39 is 0 Å². The van der Waals surface area contributed by atoms with Gasteiger partial charge in [-0.05, 0) is 56.3 Å². The van der Waals surface area contributed by atoms with Crippen LogP contribution in [-0.4, -0.2) is 68.6 Å². The molecule has 0 N–H and O–H groups in total. The summed E-state index contributed by atoms with van der Waals surface area (Å²) in [6.07, 6.45) is 0. The van der Waals surface area contributed by atoms with Crippen LogP contribution in [0.4, 0.5) is 5.69 Å². The standard InChI is InChI=1S/C25H29N3O4/c1-5-32-19-9-7-18(8-10-19)22-23(27-14-12-26(3)13-15-27)25(30)28(24(22)29)20-16-17(2)6-11-21(20)31-4/h6-11,16H,5,12-15H2,1-4H3. The highest BCUT2D eigenvalue weighted by atomic mass is 16.5. The van der Waals surface area contributed by atoms with Gasteiger partial charge in [0.15, 0.2) is 0 Å². The number of benzene rings is 2. The first-order chi connectivity index (χ1) is 15.4. The number of aryl methyl sites for hydroxylation is 1. The Balaban J connectivity index is 1.81. The highest BCUT2D eigenvalue weighted by molar-refractivity contribution is 6.45. The van der Waals surface area contributed by atoms with Crippen molar-refractivity contribution in [3.63, 3.8) is 0 Å². The summed E-state index contributed by atoms with van der Waals surface area (Å²) in [5, 5.41) is 0. The van der Waals surface area contributed by atoms with Crippen LogP contribution in [0.5, 0.6) is 11.5 Å². The molecule has 0 unspecified atom stereocenters. The third kappa shape index (κ3) is 3.96. The van der Waals surface area contributed by atoms with Gasteiger partial charge in [-0.3, -0.25) is 9.59 Å². The molecule has 0 saturated carbocycles. The Morgan fingerprint density at radius 2 is 1.62 bits per heavy atom. The SMILES string of the molecule is CCOc1ccc(C2=C(N3CCN(C)CC3)C(=O)N(c3cc(C)ccc3OC)C2=O)cc1. The minimum atomic E-state index is -0.336. The Morgan fingerprint density at radius 3 is 2.25 bits per heavy atom. The zero-order valence-electron chi connectivity index (χ0n) is 19.1. The molecule has 0 bridgehead atoms. The Bertz CT molecular complexity index is 1050. The molecule has 168 valence electrons. The first-order valence-electron chi connectivity index (χ1n) is 10.9. The van der Waals surface area contributed by atoms with Gasteiger partial charge in [-0.1, -0.05) is 18.2 Å².